The van der Waals surface area contributed by atoms with E-state index in [0.29, 0.717) is 17.9 Å². The topological polar surface area (TPSA) is 38.3 Å². The van der Waals surface area contributed by atoms with Crippen LogP contribution in [0.5, 0.6) is 5.75 Å². The zero-order chi connectivity index (χ0) is 16.0. The quantitative estimate of drug-likeness (QED) is 0.923. The highest BCUT2D eigenvalue weighted by molar-refractivity contribution is 5.79. The van der Waals surface area contributed by atoms with Crippen LogP contribution in [0.1, 0.15) is 45.6 Å². The first-order valence-electron chi connectivity index (χ1n) is 8.29. The lowest BCUT2D eigenvalue weighted by atomic mass is 9.69. The summed E-state index contributed by atoms with van der Waals surface area (Å²) in [5.74, 6) is 1.68. The maximum absolute atomic E-state index is 12.4. The highest BCUT2D eigenvalue weighted by atomic mass is 16.5. The van der Waals surface area contributed by atoms with Crippen molar-refractivity contribution in [1.82, 2.24) is 5.32 Å². The Bertz CT molecular complexity index is 581. The molecule has 3 rings (SSSR count). The van der Waals surface area contributed by atoms with E-state index < -0.39 is 0 Å². The van der Waals surface area contributed by atoms with Gasteiger partial charge in [0, 0.05) is 6.04 Å². The Balaban J connectivity index is 1.66. The zero-order valence-corrected chi connectivity index (χ0v) is 14.1. The second kappa shape index (κ2) is 5.29. The number of carbonyl (C=O) groups is 1. The molecule has 2 aliphatic rings. The third kappa shape index (κ3) is 2.31. The molecule has 0 radical (unpaired) electrons. The molecule has 1 amide bonds. The predicted molar refractivity (Wildman–Crippen MR) is 87.9 cm³/mol. The van der Waals surface area contributed by atoms with E-state index in [1.54, 1.807) is 7.11 Å². The van der Waals surface area contributed by atoms with Gasteiger partial charge in [-0.05, 0) is 53.7 Å². The van der Waals surface area contributed by atoms with Gasteiger partial charge < -0.3 is 10.1 Å². The number of benzene rings is 1. The molecular formula is C19H27NO2. The van der Waals surface area contributed by atoms with Crippen molar-refractivity contribution < 1.29 is 9.53 Å². The first kappa shape index (κ1) is 15.4. The summed E-state index contributed by atoms with van der Waals surface area (Å²) in [6.45, 7) is 7.11. The van der Waals surface area contributed by atoms with E-state index >= 15 is 0 Å². The van der Waals surface area contributed by atoms with Crippen molar-refractivity contribution in [1.29, 1.82) is 0 Å². The third-order valence-electron chi connectivity index (χ3n) is 6.63. The molecule has 2 saturated carbocycles. The Hall–Kier alpha value is -1.51. The summed E-state index contributed by atoms with van der Waals surface area (Å²) in [7, 11) is 1.65. The van der Waals surface area contributed by atoms with Crippen LogP contribution in [0.4, 0.5) is 0 Å². The average Bonchev–Trinajstić information content (AvgIpc) is 2.80. The molecule has 1 aromatic carbocycles. The van der Waals surface area contributed by atoms with Crippen molar-refractivity contribution in [2.24, 2.45) is 16.7 Å². The number of amides is 1. The number of ether oxygens (including phenoxy) is 1. The summed E-state index contributed by atoms with van der Waals surface area (Å²) in [5, 5.41) is 3.31. The minimum atomic E-state index is 0.128. The molecule has 3 atom stereocenters. The molecule has 3 nitrogen and oxygen atoms in total. The number of carbonyl (C=O) groups excluding carboxylic acids is 1. The maximum Gasteiger partial charge on any atom is 0.224 e. The molecule has 2 bridgehead atoms. The molecule has 120 valence electrons. The number of nitrogens with one attached hydrogen (secondary N) is 1. The summed E-state index contributed by atoms with van der Waals surface area (Å²) >= 11 is 0. The van der Waals surface area contributed by atoms with Gasteiger partial charge in [0.05, 0.1) is 13.5 Å². The van der Waals surface area contributed by atoms with Gasteiger partial charge in [-0.25, -0.2) is 0 Å². The van der Waals surface area contributed by atoms with Crippen LogP contribution in [-0.4, -0.2) is 19.1 Å². The number of methoxy groups -OCH3 is 1. The molecule has 0 spiro atoms. The van der Waals surface area contributed by atoms with E-state index in [1.165, 1.54) is 12.8 Å². The van der Waals surface area contributed by atoms with E-state index in [0.717, 1.165) is 23.7 Å². The molecule has 3 heteroatoms. The Kier molecular flexibility index (Phi) is 3.70. The molecule has 2 aliphatic carbocycles. The number of fused-ring (bicyclic) bond motifs is 2. The fourth-order valence-electron chi connectivity index (χ4n) is 4.64. The number of hydrogen-bond donors (Lipinski definition) is 1. The molecule has 22 heavy (non-hydrogen) atoms. The zero-order valence-electron chi connectivity index (χ0n) is 14.1. The minimum absolute atomic E-state index is 0.128. The van der Waals surface area contributed by atoms with Crippen molar-refractivity contribution in [2.75, 3.05) is 7.11 Å². The van der Waals surface area contributed by atoms with Crippen molar-refractivity contribution >= 4 is 5.91 Å². The Morgan fingerprint density at radius 2 is 2.14 bits per heavy atom. The standard InChI is InChI=1S/C19H27NO2/c1-18(2)14-8-9-19(18,3)16(12-14)20-17(21)11-13-6-5-7-15(10-13)22-4/h5-7,10,14,16H,8-9,11-12H2,1-4H3,(H,20,21). The fourth-order valence-corrected chi connectivity index (χ4v) is 4.64. The molecule has 1 aromatic rings. The van der Waals surface area contributed by atoms with Crippen LogP contribution >= 0.6 is 0 Å². The van der Waals surface area contributed by atoms with Crippen LogP contribution < -0.4 is 10.1 Å². The molecule has 0 aromatic heterocycles. The van der Waals surface area contributed by atoms with Crippen molar-refractivity contribution in [3.05, 3.63) is 29.8 Å². The van der Waals surface area contributed by atoms with Crippen LogP contribution in [0.2, 0.25) is 0 Å². The predicted octanol–water partition coefficient (Wildman–Crippen LogP) is 3.57. The third-order valence-corrected chi connectivity index (χ3v) is 6.63. The SMILES string of the molecule is COc1cccc(CC(=O)NC2CC3CCC2(C)C3(C)C)c1. The monoisotopic (exact) mass is 301 g/mol. The van der Waals surface area contributed by atoms with Gasteiger partial charge in [-0.15, -0.1) is 0 Å². The first-order valence-corrected chi connectivity index (χ1v) is 8.29. The van der Waals surface area contributed by atoms with E-state index in [2.05, 4.69) is 26.1 Å². The number of hydrogen-bond acceptors (Lipinski definition) is 2. The van der Waals surface area contributed by atoms with Crippen LogP contribution in [0.15, 0.2) is 24.3 Å². The van der Waals surface area contributed by atoms with Crippen molar-refractivity contribution in [2.45, 2.75) is 52.5 Å². The molecule has 0 saturated heterocycles. The molecule has 0 heterocycles. The van der Waals surface area contributed by atoms with Crippen LogP contribution in [-0.2, 0) is 11.2 Å². The average molecular weight is 301 g/mol. The van der Waals surface area contributed by atoms with Crippen LogP contribution in [0.3, 0.4) is 0 Å². The normalized spacial score (nSPS) is 32.0. The Morgan fingerprint density at radius 3 is 2.73 bits per heavy atom. The lowest BCUT2D eigenvalue weighted by Crippen LogP contribution is -2.47. The van der Waals surface area contributed by atoms with Crippen LogP contribution in [0, 0.1) is 16.7 Å². The van der Waals surface area contributed by atoms with Crippen molar-refractivity contribution in [3.63, 3.8) is 0 Å². The lowest BCUT2D eigenvalue weighted by Gasteiger charge is -2.39. The van der Waals surface area contributed by atoms with Gasteiger partial charge >= 0.3 is 0 Å². The van der Waals surface area contributed by atoms with Gasteiger partial charge in [0.15, 0.2) is 0 Å². The highest BCUT2D eigenvalue weighted by Gasteiger charge is 2.61. The van der Waals surface area contributed by atoms with Gasteiger partial charge in [-0.1, -0.05) is 32.9 Å². The van der Waals surface area contributed by atoms with Gasteiger partial charge in [0.1, 0.15) is 5.75 Å². The minimum Gasteiger partial charge on any atom is -0.497 e. The van der Waals surface area contributed by atoms with E-state index in [4.69, 9.17) is 4.74 Å². The molecule has 0 aliphatic heterocycles. The van der Waals surface area contributed by atoms with E-state index in [-0.39, 0.29) is 11.3 Å². The van der Waals surface area contributed by atoms with Crippen LogP contribution in [0.25, 0.3) is 0 Å². The fraction of sp³-hybridized carbons (Fsp3) is 0.632. The summed E-state index contributed by atoms with van der Waals surface area (Å²) in [6.07, 6.45) is 4.10. The van der Waals surface area contributed by atoms with E-state index in [1.807, 2.05) is 24.3 Å². The molecule has 1 N–H and O–H groups in total. The largest absolute Gasteiger partial charge is 0.497 e. The molecule has 3 unspecified atom stereocenters. The van der Waals surface area contributed by atoms with E-state index in [9.17, 15) is 4.79 Å². The first-order chi connectivity index (χ1) is 10.4. The second-order valence-corrected chi connectivity index (χ2v) is 7.76. The maximum atomic E-state index is 12.4. The Labute approximate surface area is 133 Å². The summed E-state index contributed by atoms with van der Waals surface area (Å²) in [4.78, 5) is 12.4. The molecule has 2 fully saturated rings. The summed E-state index contributed by atoms with van der Waals surface area (Å²) in [6, 6.07) is 8.07. The van der Waals surface area contributed by atoms with Gasteiger partial charge in [-0.2, -0.15) is 0 Å². The highest BCUT2D eigenvalue weighted by Crippen LogP contribution is 2.65. The second-order valence-electron chi connectivity index (χ2n) is 7.76. The van der Waals surface area contributed by atoms with Gasteiger partial charge in [0.25, 0.3) is 0 Å². The summed E-state index contributed by atoms with van der Waals surface area (Å²) in [5.41, 5.74) is 1.58. The van der Waals surface area contributed by atoms with Crippen molar-refractivity contribution in [3.8, 4) is 5.75 Å². The Morgan fingerprint density at radius 1 is 1.36 bits per heavy atom. The van der Waals surface area contributed by atoms with Gasteiger partial charge in [-0.3, -0.25) is 4.79 Å². The molecular weight excluding hydrogens is 274 g/mol. The van der Waals surface area contributed by atoms with Gasteiger partial charge in [0.2, 0.25) is 5.91 Å². The smallest absolute Gasteiger partial charge is 0.224 e. The number of rotatable bonds is 4. The summed E-state index contributed by atoms with van der Waals surface area (Å²) < 4.78 is 5.22. The lowest BCUT2D eigenvalue weighted by molar-refractivity contribution is -0.122.